The maximum atomic E-state index is 14.1. The second kappa shape index (κ2) is 9.08. The van der Waals surface area contributed by atoms with E-state index in [4.69, 9.17) is 4.74 Å². The minimum absolute atomic E-state index is 0.179. The zero-order valence-electron chi connectivity index (χ0n) is 18.1. The number of halogens is 1. The molecule has 0 bridgehead atoms. The van der Waals surface area contributed by atoms with Crippen LogP contribution in [0.2, 0.25) is 0 Å². The third-order valence-corrected chi connectivity index (χ3v) is 5.42. The molecule has 1 fully saturated rings. The van der Waals surface area contributed by atoms with Gasteiger partial charge in [-0.25, -0.2) is 14.1 Å². The van der Waals surface area contributed by atoms with Crippen LogP contribution >= 0.6 is 0 Å². The van der Waals surface area contributed by atoms with Crippen LogP contribution in [0.4, 0.5) is 14.9 Å². The van der Waals surface area contributed by atoms with Gasteiger partial charge in [-0.3, -0.25) is 14.9 Å². The molecule has 1 aliphatic heterocycles. The summed E-state index contributed by atoms with van der Waals surface area (Å²) in [5, 5.41) is 2.22. The smallest absolute Gasteiger partial charge is 0.335 e. The number of urea groups is 1. The highest BCUT2D eigenvalue weighted by Crippen LogP contribution is 2.28. The van der Waals surface area contributed by atoms with Crippen LogP contribution in [0.5, 0.6) is 5.75 Å². The van der Waals surface area contributed by atoms with Gasteiger partial charge in [0.1, 0.15) is 17.1 Å². The molecule has 4 rings (SSSR count). The fraction of sp³-hybridized carbons (Fsp3) is 0.115. The topological polar surface area (TPSA) is 75.7 Å². The zero-order valence-corrected chi connectivity index (χ0v) is 18.1. The molecule has 0 radical (unpaired) electrons. The Balaban J connectivity index is 1.68. The molecular weight excluding hydrogens is 423 g/mol. The van der Waals surface area contributed by atoms with Crippen LogP contribution < -0.4 is 15.0 Å². The van der Waals surface area contributed by atoms with E-state index < -0.39 is 17.8 Å². The molecule has 1 N–H and O–H groups in total. The largest absolute Gasteiger partial charge is 0.496 e. The third-order valence-electron chi connectivity index (χ3n) is 5.42. The van der Waals surface area contributed by atoms with Gasteiger partial charge >= 0.3 is 6.03 Å². The lowest BCUT2D eigenvalue weighted by Gasteiger charge is -2.27. The molecule has 166 valence electrons. The fourth-order valence-electron chi connectivity index (χ4n) is 3.70. The summed E-state index contributed by atoms with van der Waals surface area (Å²) in [6.07, 6.45) is 1.73. The first kappa shape index (κ1) is 22.0. The number of methoxy groups -OCH3 is 1. The number of hydrogen-bond donors (Lipinski definition) is 1. The number of hydrogen-bond acceptors (Lipinski definition) is 4. The second-order valence-electron chi connectivity index (χ2n) is 7.58. The Kier molecular flexibility index (Phi) is 6.04. The molecule has 0 atom stereocenters. The first-order valence-corrected chi connectivity index (χ1v) is 10.3. The summed E-state index contributed by atoms with van der Waals surface area (Å²) in [5.74, 6) is -1.31. The molecular formula is C26H21FN2O4. The Morgan fingerprint density at radius 1 is 0.970 bits per heavy atom. The highest BCUT2D eigenvalue weighted by molar-refractivity contribution is 6.39. The van der Waals surface area contributed by atoms with Crippen molar-refractivity contribution in [1.82, 2.24) is 5.32 Å². The molecule has 0 aliphatic carbocycles. The lowest BCUT2D eigenvalue weighted by atomic mass is 10.00. The Bertz CT molecular complexity index is 1300. The molecule has 7 heteroatoms. The normalized spacial score (nSPS) is 15.1. The van der Waals surface area contributed by atoms with Gasteiger partial charge in [-0.1, -0.05) is 48.5 Å². The van der Waals surface area contributed by atoms with Gasteiger partial charge in [0, 0.05) is 6.42 Å². The van der Waals surface area contributed by atoms with E-state index in [1.54, 1.807) is 67.6 Å². The highest BCUT2D eigenvalue weighted by Gasteiger charge is 2.37. The van der Waals surface area contributed by atoms with Crippen molar-refractivity contribution in [2.45, 2.75) is 13.3 Å². The number of carbonyl (C=O) groups excluding carboxylic acids is 3. The molecule has 1 aliphatic rings. The summed E-state index contributed by atoms with van der Waals surface area (Å²) < 4.78 is 19.5. The predicted octanol–water partition coefficient (Wildman–Crippen LogP) is 4.40. The molecule has 1 saturated heterocycles. The van der Waals surface area contributed by atoms with E-state index in [2.05, 4.69) is 5.32 Å². The van der Waals surface area contributed by atoms with Crippen LogP contribution in [-0.4, -0.2) is 25.0 Å². The van der Waals surface area contributed by atoms with E-state index in [0.29, 0.717) is 34.5 Å². The van der Waals surface area contributed by atoms with Crippen molar-refractivity contribution in [2.24, 2.45) is 0 Å². The monoisotopic (exact) mass is 444 g/mol. The first-order chi connectivity index (χ1) is 15.9. The molecule has 33 heavy (non-hydrogen) atoms. The van der Waals surface area contributed by atoms with Gasteiger partial charge in [0.25, 0.3) is 11.8 Å². The predicted molar refractivity (Wildman–Crippen MR) is 122 cm³/mol. The number of aryl methyl sites for hydroxylation is 1. The van der Waals surface area contributed by atoms with Crippen molar-refractivity contribution in [3.63, 3.8) is 0 Å². The average Bonchev–Trinajstić information content (AvgIpc) is 2.80. The number of barbiturate groups is 1. The number of carbonyl (C=O) groups is 3. The van der Waals surface area contributed by atoms with Crippen molar-refractivity contribution >= 4 is 29.6 Å². The Labute approximate surface area is 190 Å². The van der Waals surface area contributed by atoms with Crippen molar-refractivity contribution in [3.05, 3.63) is 100 Å². The Hall–Kier alpha value is -4.26. The molecule has 0 aromatic heterocycles. The van der Waals surface area contributed by atoms with E-state index >= 15 is 0 Å². The molecule has 4 amide bonds. The molecule has 3 aromatic carbocycles. The summed E-state index contributed by atoms with van der Waals surface area (Å²) in [7, 11) is 1.49. The lowest BCUT2D eigenvalue weighted by Crippen LogP contribution is -2.54. The molecule has 3 aromatic rings. The number of imide groups is 2. The molecule has 1 heterocycles. The van der Waals surface area contributed by atoms with E-state index in [-0.39, 0.29) is 11.4 Å². The standard InChI is InChI=1S/C26H21FN2O4/c1-16-7-3-6-10-22(16)29-25(31)20(24(30)28-26(29)32)13-17-11-12-19(23(14-17)33-2)15-18-8-4-5-9-21(18)27/h3-14H,15H2,1-2H3,(H,28,30,32)/b20-13+. The first-order valence-electron chi connectivity index (χ1n) is 10.3. The summed E-state index contributed by atoms with van der Waals surface area (Å²) >= 11 is 0. The average molecular weight is 444 g/mol. The van der Waals surface area contributed by atoms with E-state index in [1.807, 2.05) is 0 Å². The number of benzene rings is 3. The van der Waals surface area contributed by atoms with Crippen molar-refractivity contribution in [2.75, 3.05) is 12.0 Å². The number of anilines is 1. The molecule has 6 nitrogen and oxygen atoms in total. The molecule has 0 unspecified atom stereocenters. The minimum Gasteiger partial charge on any atom is -0.496 e. The van der Waals surface area contributed by atoms with Gasteiger partial charge in [0.15, 0.2) is 0 Å². The number of ether oxygens (including phenoxy) is 1. The number of rotatable bonds is 5. The summed E-state index contributed by atoms with van der Waals surface area (Å²) in [6.45, 7) is 1.77. The molecule has 0 spiro atoms. The number of para-hydroxylation sites is 1. The van der Waals surface area contributed by atoms with Gasteiger partial charge in [-0.05, 0) is 53.5 Å². The van der Waals surface area contributed by atoms with E-state index in [9.17, 15) is 18.8 Å². The van der Waals surface area contributed by atoms with Crippen LogP contribution in [0.3, 0.4) is 0 Å². The fourth-order valence-corrected chi connectivity index (χ4v) is 3.70. The minimum atomic E-state index is -0.797. The van der Waals surface area contributed by atoms with Gasteiger partial charge < -0.3 is 4.74 Å². The quantitative estimate of drug-likeness (QED) is 0.468. The van der Waals surface area contributed by atoms with Crippen molar-refractivity contribution < 1.29 is 23.5 Å². The highest BCUT2D eigenvalue weighted by atomic mass is 19.1. The SMILES string of the molecule is COc1cc(/C=C2\C(=O)NC(=O)N(c3ccccc3C)C2=O)ccc1Cc1ccccc1F. The third kappa shape index (κ3) is 4.39. The summed E-state index contributed by atoms with van der Waals surface area (Å²) in [4.78, 5) is 38.9. The lowest BCUT2D eigenvalue weighted by molar-refractivity contribution is -0.122. The van der Waals surface area contributed by atoms with E-state index in [1.165, 1.54) is 19.3 Å². The van der Waals surface area contributed by atoms with Gasteiger partial charge in [0.05, 0.1) is 12.8 Å². The van der Waals surface area contributed by atoms with Crippen LogP contribution in [0.25, 0.3) is 6.08 Å². The number of amides is 4. The van der Waals surface area contributed by atoms with Crippen LogP contribution in [-0.2, 0) is 16.0 Å². The van der Waals surface area contributed by atoms with Crippen molar-refractivity contribution in [3.8, 4) is 5.75 Å². The number of nitrogens with zero attached hydrogens (tertiary/aromatic N) is 1. The Morgan fingerprint density at radius 2 is 1.70 bits per heavy atom. The van der Waals surface area contributed by atoms with Gasteiger partial charge in [0.2, 0.25) is 0 Å². The van der Waals surface area contributed by atoms with Gasteiger partial charge in [-0.2, -0.15) is 0 Å². The van der Waals surface area contributed by atoms with Gasteiger partial charge in [-0.15, -0.1) is 0 Å². The van der Waals surface area contributed by atoms with E-state index in [0.717, 1.165) is 10.5 Å². The van der Waals surface area contributed by atoms with Crippen LogP contribution in [0.1, 0.15) is 22.3 Å². The Morgan fingerprint density at radius 3 is 2.42 bits per heavy atom. The second-order valence-corrected chi connectivity index (χ2v) is 7.58. The van der Waals surface area contributed by atoms with Crippen molar-refractivity contribution in [1.29, 1.82) is 0 Å². The van der Waals surface area contributed by atoms with Crippen LogP contribution in [0, 0.1) is 12.7 Å². The summed E-state index contributed by atoms with van der Waals surface area (Å²) in [5.41, 5.74) is 2.74. The zero-order chi connectivity index (χ0) is 23.5. The number of nitrogens with one attached hydrogen (secondary N) is 1. The maximum absolute atomic E-state index is 14.1. The molecule has 0 saturated carbocycles. The summed E-state index contributed by atoms with van der Waals surface area (Å²) in [6, 6.07) is 17.7. The van der Waals surface area contributed by atoms with Crippen LogP contribution in [0.15, 0.2) is 72.3 Å². The maximum Gasteiger partial charge on any atom is 0.335 e.